The lowest BCUT2D eigenvalue weighted by molar-refractivity contribution is -0.253. The molecule has 9 heteroatoms. The molecule has 0 aliphatic carbocycles. The van der Waals surface area contributed by atoms with E-state index < -0.39 is 43.2 Å². The molecule has 2 rings (SSSR count). The molecule has 150 valence electrons. The summed E-state index contributed by atoms with van der Waals surface area (Å²) in [7, 11) is 1.45. The number of rotatable bonds is 7. The highest BCUT2D eigenvalue weighted by atomic mass is 16.6. The minimum Gasteiger partial charge on any atom is -0.496 e. The number of benzene rings is 1. The van der Waals surface area contributed by atoms with Gasteiger partial charge < -0.3 is 35.2 Å². The third-order valence-corrected chi connectivity index (χ3v) is 4.46. The monoisotopic (exact) mass is 383 g/mol. The van der Waals surface area contributed by atoms with E-state index in [2.05, 4.69) is 5.32 Å². The molecular formula is C18H25NO8. The first-order valence-electron chi connectivity index (χ1n) is 8.56. The largest absolute Gasteiger partial charge is 0.496 e. The summed E-state index contributed by atoms with van der Waals surface area (Å²) in [6.07, 6.45) is -6.04. The van der Waals surface area contributed by atoms with Crippen molar-refractivity contribution in [1.82, 2.24) is 5.32 Å². The minimum atomic E-state index is -1.60. The van der Waals surface area contributed by atoms with Gasteiger partial charge in [-0.25, -0.2) is 0 Å². The lowest BCUT2D eigenvalue weighted by Crippen LogP contribution is -2.64. The standard InChI is InChI=1S/C18H25NO8/c1-9-3-5-12(26-2)10(7-9)11(21)4-6-14(22)19-15-17(24)16(23)13(8-20)27-18(15)25/h3,5,7,13,15-18,20,23-25H,4,6,8H2,1-2H3,(H,19,22)/t13-,15?,16?,17-,18?/m1/s1. The van der Waals surface area contributed by atoms with Gasteiger partial charge in [0.2, 0.25) is 5.91 Å². The van der Waals surface area contributed by atoms with Gasteiger partial charge in [0, 0.05) is 12.8 Å². The molecule has 3 unspecified atom stereocenters. The fourth-order valence-corrected chi connectivity index (χ4v) is 2.91. The number of amides is 1. The van der Waals surface area contributed by atoms with Crippen LogP contribution in [0, 0.1) is 6.92 Å². The van der Waals surface area contributed by atoms with E-state index >= 15 is 0 Å². The molecule has 1 saturated heterocycles. The van der Waals surface area contributed by atoms with Crippen molar-refractivity contribution in [2.24, 2.45) is 0 Å². The van der Waals surface area contributed by atoms with Gasteiger partial charge in [-0.05, 0) is 19.1 Å². The number of methoxy groups -OCH3 is 1. The van der Waals surface area contributed by atoms with Crippen molar-refractivity contribution in [3.8, 4) is 5.75 Å². The van der Waals surface area contributed by atoms with Gasteiger partial charge in [0.1, 0.15) is 30.1 Å². The number of carbonyl (C=O) groups excluding carboxylic acids is 2. The fraction of sp³-hybridized carbons (Fsp3) is 0.556. The molecule has 0 spiro atoms. The molecule has 1 aliphatic rings. The van der Waals surface area contributed by atoms with E-state index in [4.69, 9.17) is 14.6 Å². The SMILES string of the molecule is COc1ccc(C)cc1C(=O)CCC(=O)NC1C(O)O[C@H](CO)C(O)[C@@H]1O. The van der Waals surface area contributed by atoms with Crippen LogP contribution in [-0.4, -0.2) is 76.5 Å². The number of carbonyl (C=O) groups is 2. The molecule has 5 atom stereocenters. The Bertz CT molecular complexity index is 679. The van der Waals surface area contributed by atoms with Crippen LogP contribution in [0.4, 0.5) is 0 Å². The number of hydrogen-bond donors (Lipinski definition) is 5. The molecule has 0 radical (unpaired) electrons. The minimum absolute atomic E-state index is 0.104. The second kappa shape index (κ2) is 9.25. The number of aliphatic hydroxyl groups excluding tert-OH is 4. The summed E-state index contributed by atoms with van der Waals surface area (Å²) in [6, 6.07) is 3.87. The lowest BCUT2D eigenvalue weighted by atomic mass is 9.96. The Kier molecular flexibility index (Phi) is 7.28. The van der Waals surface area contributed by atoms with Gasteiger partial charge in [-0.1, -0.05) is 11.6 Å². The van der Waals surface area contributed by atoms with Crippen LogP contribution in [0.25, 0.3) is 0 Å². The van der Waals surface area contributed by atoms with Gasteiger partial charge in [0.25, 0.3) is 0 Å². The van der Waals surface area contributed by atoms with Crippen molar-refractivity contribution < 1.29 is 39.5 Å². The van der Waals surface area contributed by atoms with Gasteiger partial charge in [-0.3, -0.25) is 9.59 Å². The van der Waals surface area contributed by atoms with Crippen molar-refractivity contribution in [3.05, 3.63) is 29.3 Å². The van der Waals surface area contributed by atoms with Crippen LogP contribution in [0.1, 0.15) is 28.8 Å². The molecule has 1 fully saturated rings. The summed E-state index contributed by atoms with van der Waals surface area (Å²) >= 11 is 0. The molecule has 0 saturated carbocycles. The Morgan fingerprint density at radius 1 is 1.19 bits per heavy atom. The summed E-state index contributed by atoms with van der Waals surface area (Å²) < 4.78 is 10.1. The molecule has 0 aromatic heterocycles. The molecule has 0 bridgehead atoms. The van der Waals surface area contributed by atoms with Crippen LogP contribution in [-0.2, 0) is 9.53 Å². The molecular weight excluding hydrogens is 358 g/mol. The van der Waals surface area contributed by atoms with E-state index in [1.165, 1.54) is 7.11 Å². The maximum atomic E-state index is 12.4. The molecule has 1 aliphatic heterocycles. The molecule has 1 aromatic rings. The third kappa shape index (κ3) is 5.02. The maximum Gasteiger partial charge on any atom is 0.220 e. The number of aliphatic hydroxyl groups is 4. The first-order valence-corrected chi connectivity index (χ1v) is 8.56. The number of nitrogens with one attached hydrogen (secondary N) is 1. The highest BCUT2D eigenvalue weighted by molar-refractivity contribution is 6.00. The van der Waals surface area contributed by atoms with Crippen LogP contribution in [0.5, 0.6) is 5.75 Å². The number of ketones is 1. The highest BCUT2D eigenvalue weighted by Crippen LogP contribution is 2.22. The Morgan fingerprint density at radius 2 is 1.89 bits per heavy atom. The van der Waals surface area contributed by atoms with Gasteiger partial charge in [-0.15, -0.1) is 0 Å². The van der Waals surface area contributed by atoms with Crippen molar-refractivity contribution in [2.75, 3.05) is 13.7 Å². The molecule has 1 amide bonds. The predicted molar refractivity (Wildman–Crippen MR) is 93.2 cm³/mol. The van der Waals surface area contributed by atoms with Crippen molar-refractivity contribution in [2.45, 2.75) is 50.4 Å². The predicted octanol–water partition coefficient (Wildman–Crippen LogP) is -1.12. The van der Waals surface area contributed by atoms with Crippen molar-refractivity contribution in [1.29, 1.82) is 0 Å². The van der Waals surface area contributed by atoms with Gasteiger partial charge in [0.15, 0.2) is 12.1 Å². The smallest absolute Gasteiger partial charge is 0.220 e. The second-order valence-corrected chi connectivity index (χ2v) is 6.45. The average molecular weight is 383 g/mol. The number of ether oxygens (including phenoxy) is 2. The molecule has 27 heavy (non-hydrogen) atoms. The van der Waals surface area contributed by atoms with Crippen LogP contribution in [0.3, 0.4) is 0 Å². The van der Waals surface area contributed by atoms with Crippen LogP contribution in [0.2, 0.25) is 0 Å². The van der Waals surface area contributed by atoms with E-state index in [0.717, 1.165) is 5.56 Å². The van der Waals surface area contributed by atoms with E-state index in [-0.39, 0.29) is 18.6 Å². The fourth-order valence-electron chi connectivity index (χ4n) is 2.91. The average Bonchev–Trinajstić information content (AvgIpc) is 2.66. The van der Waals surface area contributed by atoms with E-state index in [9.17, 15) is 24.9 Å². The summed E-state index contributed by atoms with van der Waals surface area (Å²) in [4.78, 5) is 24.5. The van der Waals surface area contributed by atoms with Gasteiger partial charge in [0.05, 0.1) is 19.3 Å². The van der Waals surface area contributed by atoms with E-state index in [1.54, 1.807) is 18.2 Å². The summed E-state index contributed by atoms with van der Waals surface area (Å²) in [5, 5.41) is 41.1. The van der Waals surface area contributed by atoms with E-state index in [1.807, 2.05) is 6.92 Å². The Morgan fingerprint density at radius 3 is 2.52 bits per heavy atom. The van der Waals surface area contributed by atoms with E-state index in [0.29, 0.717) is 11.3 Å². The van der Waals surface area contributed by atoms with Crippen LogP contribution >= 0.6 is 0 Å². The third-order valence-electron chi connectivity index (χ3n) is 4.46. The van der Waals surface area contributed by atoms with Crippen LogP contribution < -0.4 is 10.1 Å². The summed E-state index contributed by atoms with van der Waals surface area (Å²) in [6.45, 7) is 1.24. The van der Waals surface area contributed by atoms with Crippen molar-refractivity contribution >= 4 is 11.7 Å². The lowest BCUT2D eigenvalue weighted by Gasteiger charge is -2.40. The summed E-state index contributed by atoms with van der Waals surface area (Å²) in [5.74, 6) is -0.473. The van der Waals surface area contributed by atoms with Gasteiger partial charge >= 0.3 is 0 Å². The topological polar surface area (TPSA) is 146 Å². The maximum absolute atomic E-state index is 12.4. The first-order chi connectivity index (χ1) is 12.8. The number of aryl methyl sites for hydroxylation is 1. The molecule has 1 heterocycles. The number of Topliss-reactive ketones (excluding diaryl/α,β-unsaturated/α-hetero) is 1. The molecule has 1 aromatic carbocycles. The van der Waals surface area contributed by atoms with Gasteiger partial charge in [-0.2, -0.15) is 0 Å². The normalized spacial score (nSPS) is 27.9. The Hall–Kier alpha value is -2.04. The summed E-state index contributed by atoms with van der Waals surface area (Å²) in [5.41, 5.74) is 1.24. The first kappa shape index (κ1) is 21.3. The van der Waals surface area contributed by atoms with Crippen LogP contribution in [0.15, 0.2) is 18.2 Å². The zero-order chi connectivity index (χ0) is 20.1. The molecule has 5 N–H and O–H groups in total. The second-order valence-electron chi connectivity index (χ2n) is 6.45. The zero-order valence-electron chi connectivity index (χ0n) is 15.2. The Labute approximate surface area is 156 Å². The number of hydrogen-bond acceptors (Lipinski definition) is 8. The zero-order valence-corrected chi connectivity index (χ0v) is 15.2. The quantitative estimate of drug-likeness (QED) is 0.372. The molecule has 9 nitrogen and oxygen atoms in total. The Balaban J connectivity index is 1.94. The van der Waals surface area contributed by atoms with Crippen molar-refractivity contribution in [3.63, 3.8) is 0 Å². The highest BCUT2D eigenvalue weighted by Gasteiger charge is 2.44.